The Balaban J connectivity index is 2.27. The highest BCUT2D eigenvalue weighted by Crippen LogP contribution is 2.25. The molecule has 2 rings (SSSR count). The van der Waals surface area contributed by atoms with Crippen LogP contribution in [0.2, 0.25) is 0 Å². The minimum absolute atomic E-state index is 0.211. The molecule has 0 N–H and O–H groups in total. The molecule has 0 unspecified atom stereocenters. The van der Waals surface area contributed by atoms with E-state index in [1.54, 1.807) is 0 Å². The van der Waals surface area contributed by atoms with Gasteiger partial charge in [-0.05, 0) is 19.4 Å². The van der Waals surface area contributed by atoms with E-state index >= 15 is 0 Å². The Morgan fingerprint density at radius 3 is 2.80 bits per heavy atom. The summed E-state index contributed by atoms with van der Waals surface area (Å²) in [5.41, 5.74) is 0.928. The van der Waals surface area contributed by atoms with E-state index in [1.165, 1.54) is 11.8 Å². The highest BCUT2D eigenvalue weighted by molar-refractivity contribution is 8.00. The van der Waals surface area contributed by atoms with Crippen LogP contribution in [0.1, 0.15) is 26.1 Å². The standard InChI is InChI=1S/C15H18N2O2S/c1-3-7-13-16-12-9-6-5-8-11(12)15(17-13)20-10-14(18)19-4-2/h5-6,8-9H,3-4,7,10H2,1-2H3. The zero-order valence-electron chi connectivity index (χ0n) is 11.8. The fraction of sp³-hybridized carbons (Fsp3) is 0.400. The lowest BCUT2D eigenvalue weighted by molar-refractivity contribution is -0.139. The summed E-state index contributed by atoms with van der Waals surface area (Å²) in [5, 5.41) is 1.84. The molecule has 5 heteroatoms. The van der Waals surface area contributed by atoms with Crippen molar-refractivity contribution in [2.24, 2.45) is 0 Å². The Kier molecular flexibility index (Phi) is 5.35. The predicted octanol–water partition coefficient (Wildman–Crippen LogP) is 3.24. The summed E-state index contributed by atoms with van der Waals surface area (Å²) >= 11 is 1.41. The molecule has 0 amide bonds. The van der Waals surface area contributed by atoms with E-state index in [2.05, 4.69) is 16.9 Å². The van der Waals surface area contributed by atoms with Crippen LogP contribution in [-0.4, -0.2) is 28.3 Å². The van der Waals surface area contributed by atoms with E-state index < -0.39 is 0 Å². The molecule has 20 heavy (non-hydrogen) atoms. The van der Waals surface area contributed by atoms with Crippen molar-refractivity contribution in [3.8, 4) is 0 Å². The van der Waals surface area contributed by atoms with Gasteiger partial charge in [0.1, 0.15) is 10.9 Å². The second-order valence-corrected chi connectivity index (χ2v) is 5.27. The summed E-state index contributed by atoms with van der Waals surface area (Å²) in [6.45, 7) is 4.32. The minimum Gasteiger partial charge on any atom is -0.465 e. The zero-order valence-corrected chi connectivity index (χ0v) is 12.6. The molecule has 0 fully saturated rings. The third-order valence-electron chi connectivity index (χ3n) is 2.72. The van der Waals surface area contributed by atoms with Crippen LogP contribution in [0.25, 0.3) is 10.9 Å². The quantitative estimate of drug-likeness (QED) is 0.464. The number of ether oxygens (including phenoxy) is 1. The summed E-state index contributed by atoms with van der Waals surface area (Å²) in [4.78, 5) is 20.6. The van der Waals surface area contributed by atoms with Crippen LogP contribution in [-0.2, 0) is 16.0 Å². The fourth-order valence-corrected chi connectivity index (χ4v) is 2.70. The maximum Gasteiger partial charge on any atom is 0.316 e. The number of rotatable bonds is 6. The largest absolute Gasteiger partial charge is 0.465 e. The molecule has 0 radical (unpaired) electrons. The van der Waals surface area contributed by atoms with Crippen molar-refractivity contribution in [2.45, 2.75) is 31.7 Å². The van der Waals surface area contributed by atoms with E-state index in [4.69, 9.17) is 4.74 Å². The van der Waals surface area contributed by atoms with Gasteiger partial charge in [0, 0.05) is 11.8 Å². The summed E-state index contributed by atoms with van der Waals surface area (Å²) in [6, 6.07) is 7.88. The monoisotopic (exact) mass is 290 g/mol. The number of hydrogen-bond acceptors (Lipinski definition) is 5. The molecule has 0 saturated carbocycles. The van der Waals surface area contributed by atoms with Gasteiger partial charge in [0.05, 0.1) is 17.9 Å². The normalized spacial score (nSPS) is 10.7. The molecule has 0 aliphatic heterocycles. The lowest BCUT2D eigenvalue weighted by Crippen LogP contribution is -2.07. The molecule has 4 nitrogen and oxygen atoms in total. The summed E-state index contributed by atoms with van der Waals surface area (Å²) in [6.07, 6.45) is 1.85. The molecule has 0 aliphatic carbocycles. The van der Waals surface area contributed by atoms with Gasteiger partial charge in [0.15, 0.2) is 0 Å². The number of para-hydroxylation sites is 1. The lowest BCUT2D eigenvalue weighted by Gasteiger charge is -2.07. The molecule has 0 aliphatic rings. The second kappa shape index (κ2) is 7.24. The molecular formula is C15H18N2O2S. The highest BCUT2D eigenvalue weighted by Gasteiger charge is 2.10. The average Bonchev–Trinajstić information content (AvgIpc) is 2.45. The SMILES string of the molecule is CCCc1nc(SCC(=O)OCC)c2ccccc2n1. The van der Waals surface area contributed by atoms with Gasteiger partial charge in [-0.2, -0.15) is 0 Å². The molecule has 1 aromatic carbocycles. The topological polar surface area (TPSA) is 52.1 Å². The van der Waals surface area contributed by atoms with Gasteiger partial charge in [0.25, 0.3) is 0 Å². The molecule has 0 atom stereocenters. The van der Waals surface area contributed by atoms with Crippen molar-refractivity contribution in [3.05, 3.63) is 30.1 Å². The third kappa shape index (κ3) is 3.70. The first-order chi connectivity index (χ1) is 9.74. The highest BCUT2D eigenvalue weighted by atomic mass is 32.2. The van der Waals surface area contributed by atoms with Gasteiger partial charge in [0.2, 0.25) is 0 Å². The first-order valence-electron chi connectivity index (χ1n) is 6.78. The predicted molar refractivity (Wildman–Crippen MR) is 80.9 cm³/mol. The van der Waals surface area contributed by atoms with Gasteiger partial charge in [-0.15, -0.1) is 0 Å². The first-order valence-corrected chi connectivity index (χ1v) is 7.77. The molecule has 0 spiro atoms. The van der Waals surface area contributed by atoms with Crippen molar-refractivity contribution >= 4 is 28.6 Å². The number of fused-ring (bicyclic) bond motifs is 1. The summed E-state index contributed by atoms with van der Waals surface area (Å²) in [5.74, 6) is 0.898. The van der Waals surface area contributed by atoms with Crippen molar-refractivity contribution < 1.29 is 9.53 Å². The van der Waals surface area contributed by atoms with E-state index in [1.807, 2.05) is 31.2 Å². The van der Waals surface area contributed by atoms with Crippen LogP contribution in [0.15, 0.2) is 29.3 Å². The molecule has 2 aromatic rings. The van der Waals surface area contributed by atoms with Crippen molar-refractivity contribution in [2.75, 3.05) is 12.4 Å². The molecule has 0 bridgehead atoms. The number of carbonyl (C=O) groups is 1. The summed E-state index contributed by atoms with van der Waals surface area (Å²) in [7, 11) is 0. The molecule has 0 saturated heterocycles. The molecule has 1 aromatic heterocycles. The van der Waals surface area contributed by atoms with E-state index in [0.29, 0.717) is 6.61 Å². The second-order valence-electron chi connectivity index (χ2n) is 4.31. The maximum absolute atomic E-state index is 11.5. The van der Waals surface area contributed by atoms with Crippen molar-refractivity contribution in [3.63, 3.8) is 0 Å². The van der Waals surface area contributed by atoms with Gasteiger partial charge in [-0.25, -0.2) is 9.97 Å². The minimum atomic E-state index is -0.211. The fourth-order valence-electron chi connectivity index (χ4n) is 1.87. The number of aryl methyl sites for hydroxylation is 1. The first kappa shape index (κ1) is 14.8. The Bertz CT molecular complexity index is 601. The van der Waals surface area contributed by atoms with Crippen molar-refractivity contribution in [1.29, 1.82) is 0 Å². The van der Waals surface area contributed by atoms with Crippen LogP contribution < -0.4 is 0 Å². The molecular weight excluding hydrogens is 272 g/mol. The van der Waals surface area contributed by atoms with E-state index in [9.17, 15) is 4.79 Å². The maximum atomic E-state index is 11.5. The van der Waals surface area contributed by atoms with Crippen LogP contribution in [0.4, 0.5) is 0 Å². The number of benzene rings is 1. The Morgan fingerprint density at radius 1 is 1.25 bits per heavy atom. The lowest BCUT2D eigenvalue weighted by atomic mass is 10.2. The smallest absolute Gasteiger partial charge is 0.316 e. The van der Waals surface area contributed by atoms with Crippen LogP contribution in [0.3, 0.4) is 0 Å². The Hall–Kier alpha value is -1.62. The van der Waals surface area contributed by atoms with E-state index in [0.717, 1.165) is 34.6 Å². The van der Waals surface area contributed by atoms with Crippen LogP contribution in [0, 0.1) is 0 Å². The number of carbonyl (C=O) groups excluding carboxylic acids is 1. The van der Waals surface area contributed by atoms with Gasteiger partial charge < -0.3 is 4.74 Å². The number of esters is 1. The third-order valence-corrected chi connectivity index (χ3v) is 3.68. The van der Waals surface area contributed by atoms with Gasteiger partial charge >= 0.3 is 5.97 Å². The van der Waals surface area contributed by atoms with E-state index in [-0.39, 0.29) is 11.7 Å². The summed E-state index contributed by atoms with van der Waals surface area (Å²) < 4.78 is 4.95. The number of nitrogens with zero attached hydrogens (tertiary/aromatic N) is 2. The molecule has 1 heterocycles. The zero-order chi connectivity index (χ0) is 14.4. The Labute approximate surface area is 123 Å². The number of hydrogen-bond donors (Lipinski definition) is 0. The average molecular weight is 290 g/mol. The van der Waals surface area contributed by atoms with Gasteiger partial charge in [-0.3, -0.25) is 4.79 Å². The number of aromatic nitrogens is 2. The van der Waals surface area contributed by atoms with Gasteiger partial charge in [-0.1, -0.05) is 36.9 Å². The Morgan fingerprint density at radius 2 is 2.05 bits per heavy atom. The van der Waals surface area contributed by atoms with Crippen LogP contribution in [0.5, 0.6) is 0 Å². The number of thioether (sulfide) groups is 1. The van der Waals surface area contributed by atoms with Crippen molar-refractivity contribution in [1.82, 2.24) is 9.97 Å². The molecule has 106 valence electrons. The van der Waals surface area contributed by atoms with Crippen LogP contribution >= 0.6 is 11.8 Å².